The zero-order valence-corrected chi connectivity index (χ0v) is 12.8. The van der Waals surface area contributed by atoms with Gasteiger partial charge in [-0.15, -0.1) is 0 Å². The number of amides is 1. The van der Waals surface area contributed by atoms with E-state index >= 15 is 0 Å². The van der Waals surface area contributed by atoms with Crippen molar-refractivity contribution in [3.8, 4) is 0 Å². The van der Waals surface area contributed by atoms with Crippen LogP contribution in [0.4, 0.5) is 0 Å². The van der Waals surface area contributed by atoms with Crippen molar-refractivity contribution in [3.05, 3.63) is 0 Å². The minimum atomic E-state index is -0.855. The van der Waals surface area contributed by atoms with Gasteiger partial charge in [-0.25, -0.2) is 0 Å². The Hall–Kier alpha value is -1.59. The molecule has 0 unspecified atom stereocenters. The van der Waals surface area contributed by atoms with Crippen molar-refractivity contribution < 1.29 is 24.2 Å². The number of ether oxygens (including phenoxy) is 1. The first-order chi connectivity index (χ1) is 9.89. The van der Waals surface area contributed by atoms with Gasteiger partial charge in [-0.05, 0) is 38.5 Å². The van der Waals surface area contributed by atoms with E-state index in [9.17, 15) is 19.5 Å². The summed E-state index contributed by atoms with van der Waals surface area (Å²) in [6.07, 6.45) is 2.96. The molecule has 1 fully saturated rings. The highest BCUT2D eigenvalue weighted by molar-refractivity contribution is 5.82. The summed E-state index contributed by atoms with van der Waals surface area (Å²) in [7, 11) is 0. The number of nitrogens with one attached hydrogen (secondary N) is 1. The van der Waals surface area contributed by atoms with Gasteiger partial charge in [0.2, 0.25) is 5.91 Å². The van der Waals surface area contributed by atoms with Crippen molar-refractivity contribution in [3.63, 3.8) is 0 Å². The molecule has 0 heterocycles. The average Bonchev–Trinajstić information content (AvgIpc) is 2.45. The third-order valence-electron chi connectivity index (χ3n) is 4.17. The van der Waals surface area contributed by atoms with E-state index in [1.54, 1.807) is 6.92 Å². The molecule has 0 saturated heterocycles. The van der Waals surface area contributed by atoms with Crippen molar-refractivity contribution in [2.24, 2.45) is 11.3 Å². The molecule has 6 heteroatoms. The van der Waals surface area contributed by atoms with Crippen LogP contribution in [0.2, 0.25) is 0 Å². The topological polar surface area (TPSA) is 92.7 Å². The first-order valence-electron chi connectivity index (χ1n) is 7.55. The smallest absolute Gasteiger partial charge is 0.311 e. The van der Waals surface area contributed by atoms with Crippen LogP contribution in [0, 0.1) is 11.3 Å². The second kappa shape index (κ2) is 8.00. The third-order valence-corrected chi connectivity index (χ3v) is 4.17. The van der Waals surface area contributed by atoms with E-state index in [0.717, 1.165) is 12.8 Å². The van der Waals surface area contributed by atoms with E-state index in [4.69, 9.17) is 4.74 Å². The molecule has 0 atom stereocenters. The van der Waals surface area contributed by atoms with Gasteiger partial charge < -0.3 is 15.2 Å². The highest BCUT2D eigenvalue weighted by atomic mass is 16.5. The lowest BCUT2D eigenvalue weighted by molar-refractivity contribution is -0.152. The fourth-order valence-corrected chi connectivity index (χ4v) is 2.59. The largest absolute Gasteiger partial charge is 0.481 e. The molecule has 1 rings (SSSR count). The Bertz CT molecular complexity index is 386. The Kier molecular flexibility index (Phi) is 6.65. The molecule has 120 valence electrons. The second-order valence-corrected chi connectivity index (χ2v) is 5.85. The predicted octanol–water partition coefficient (Wildman–Crippen LogP) is 1.73. The number of aliphatic carboxylic acids is 1. The molecule has 0 aliphatic heterocycles. The maximum atomic E-state index is 11.7. The molecular formula is C15H25NO5. The number of carboxylic acids is 1. The third kappa shape index (κ3) is 5.36. The molecule has 2 N–H and O–H groups in total. The van der Waals surface area contributed by atoms with Crippen LogP contribution in [-0.2, 0) is 19.1 Å². The SMILES string of the molecule is CCOC(=O)CCC(=O)NCC1(C(=O)O)CCC(C)CC1. The molecule has 1 aliphatic carbocycles. The minimum Gasteiger partial charge on any atom is -0.481 e. The second-order valence-electron chi connectivity index (χ2n) is 5.85. The molecule has 1 amide bonds. The van der Waals surface area contributed by atoms with Crippen molar-refractivity contribution in [2.75, 3.05) is 13.2 Å². The number of carboxylic acid groups (broad SMARTS) is 1. The fourth-order valence-electron chi connectivity index (χ4n) is 2.59. The Morgan fingerprint density at radius 1 is 1.24 bits per heavy atom. The van der Waals surface area contributed by atoms with Crippen LogP contribution >= 0.6 is 0 Å². The monoisotopic (exact) mass is 299 g/mol. The molecule has 0 aromatic heterocycles. The molecule has 0 aromatic rings. The Balaban J connectivity index is 2.41. The number of hydrogen-bond acceptors (Lipinski definition) is 4. The maximum absolute atomic E-state index is 11.7. The van der Waals surface area contributed by atoms with E-state index in [-0.39, 0.29) is 25.3 Å². The number of carbonyl (C=O) groups is 3. The van der Waals surface area contributed by atoms with Gasteiger partial charge in [-0.1, -0.05) is 6.92 Å². The number of hydrogen-bond donors (Lipinski definition) is 2. The summed E-state index contributed by atoms with van der Waals surface area (Å²) < 4.78 is 4.74. The molecular weight excluding hydrogens is 274 g/mol. The van der Waals surface area contributed by atoms with Crippen molar-refractivity contribution in [2.45, 2.75) is 52.4 Å². The molecule has 0 radical (unpaired) electrons. The summed E-state index contributed by atoms with van der Waals surface area (Å²) in [5, 5.41) is 12.1. The Labute approximate surface area is 125 Å². The highest BCUT2D eigenvalue weighted by Gasteiger charge is 2.41. The van der Waals surface area contributed by atoms with Gasteiger partial charge in [0.25, 0.3) is 0 Å². The zero-order chi connectivity index (χ0) is 15.9. The summed E-state index contributed by atoms with van der Waals surface area (Å²) in [6, 6.07) is 0. The van der Waals surface area contributed by atoms with Crippen molar-refractivity contribution >= 4 is 17.8 Å². The van der Waals surface area contributed by atoms with E-state index in [0.29, 0.717) is 25.4 Å². The van der Waals surface area contributed by atoms with Gasteiger partial charge in [-0.2, -0.15) is 0 Å². The average molecular weight is 299 g/mol. The summed E-state index contributed by atoms with van der Waals surface area (Å²) >= 11 is 0. The van der Waals surface area contributed by atoms with E-state index in [1.165, 1.54) is 0 Å². The summed E-state index contributed by atoms with van der Waals surface area (Å²) in [5.41, 5.74) is -0.855. The molecule has 0 bridgehead atoms. The Morgan fingerprint density at radius 3 is 2.38 bits per heavy atom. The fraction of sp³-hybridized carbons (Fsp3) is 0.800. The van der Waals surface area contributed by atoms with Crippen LogP contribution in [0.3, 0.4) is 0 Å². The van der Waals surface area contributed by atoms with Crippen LogP contribution in [0.1, 0.15) is 52.4 Å². The lowest BCUT2D eigenvalue weighted by Crippen LogP contribution is -2.45. The predicted molar refractivity (Wildman–Crippen MR) is 76.6 cm³/mol. The van der Waals surface area contributed by atoms with Crippen LogP contribution in [0.5, 0.6) is 0 Å². The van der Waals surface area contributed by atoms with Crippen LogP contribution in [0.25, 0.3) is 0 Å². The van der Waals surface area contributed by atoms with Gasteiger partial charge >= 0.3 is 11.9 Å². The van der Waals surface area contributed by atoms with Crippen LogP contribution in [-0.4, -0.2) is 36.1 Å². The van der Waals surface area contributed by atoms with E-state index < -0.39 is 17.4 Å². The number of carbonyl (C=O) groups excluding carboxylic acids is 2. The first kappa shape index (κ1) is 17.5. The van der Waals surface area contributed by atoms with Gasteiger partial charge in [0.15, 0.2) is 0 Å². The van der Waals surface area contributed by atoms with Gasteiger partial charge in [0.05, 0.1) is 18.4 Å². The van der Waals surface area contributed by atoms with Crippen LogP contribution < -0.4 is 5.32 Å². The minimum absolute atomic E-state index is 0.0246. The van der Waals surface area contributed by atoms with E-state index in [2.05, 4.69) is 12.2 Å². The van der Waals surface area contributed by atoms with Crippen molar-refractivity contribution in [1.82, 2.24) is 5.32 Å². The lowest BCUT2D eigenvalue weighted by atomic mass is 9.71. The standard InChI is InChI=1S/C15H25NO5/c1-3-21-13(18)5-4-12(17)16-10-15(14(19)20)8-6-11(2)7-9-15/h11H,3-10H2,1-2H3,(H,16,17)(H,19,20). The lowest BCUT2D eigenvalue weighted by Gasteiger charge is -2.35. The Morgan fingerprint density at radius 2 is 1.86 bits per heavy atom. The molecule has 0 spiro atoms. The van der Waals surface area contributed by atoms with Crippen LogP contribution in [0.15, 0.2) is 0 Å². The molecule has 6 nitrogen and oxygen atoms in total. The molecule has 1 saturated carbocycles. The molecule has 0 aromatic carbocycles. The maximum Gasteiger partial charge on any atom is 0.311 e. The highest BCUT2D eigenvalue weighted by Crippen LogP contribution is 2.38. The summed E-state index contributed by atoms with van der Waals surface area (Å²) in [4.78, 5) is 34.4. The molecule has 1 aliphatic rings. The van der Waals surface area contributed by atoms with E-state index in [1.807, 2.05) is 0 Å². The summed E-state index contributed by atoms with van der Waals surface area (Å²) in [5.74, 6) is -1.02. The quantitative estimate of drug-likeness (QED) is 0.698. The van der Waals surface area contributed by atoms with Crippen molar-refractivity contribution in [1.29, 1.82) is 0 Å². The summed E-state index contributed by atoms with van der Waals surface area (Å²) in [6.45, 7) is 4.25. The van der Waals surface area contributed by atoms with Gasteiger partial charge in [0, 0.05) is 13.0 Å². The normalized spacial score (nSPS) is 25.1. The van der Waals surface area contributed by atoms with Gasteiger partial charge in [-0.3, -0.25) is 14.4 Å². The zero-order valence-electron chi connectivity index (χ0n) is 12.8. The number of rotatable bonds is 7. The first-order valence-corrected chi connectivity index (χ1v) is 7.55. The molecule has 21 heavy (non-hydrogen) atoms. The van der Waals surface area contributed by atoms with Gasteiger partial charge in [0.1, 0.15) is 0 Å². The number of esters is 1.